The van der Waals surface area contributed by atoms with Crippen molar-refractivity contribution >= 4 is 17.5 Å². The van der Waals surface area contributed by atoms with Crippen LogP contribution in [0.4, 0.5) is 0 Å². The molecule has 0 aromatic carbocycles. The third-order valence-corrected chi connectivity index (χ3v) is 3.66. The summed E-state index contributed by atoms with van der Waals surface area (Å²) in [4.78, 5) is 11.7. The first-order chi connectivity index (χ1) is 6.75. The van der Waals surface area contributed by atoms with Crippen LogP contribution in [0.2, 0.25) is 0 Å². The molecule has 14 heavy (non-hydrogen) atoms. The van der Waals surface area contributed by atoms with Crippen molar-refractivity contribution in [3.05, 3.63) is 11.0 Å². The molecule has 1 unspecified atom stereocenters. The lowest BCUT2D eigenvalue weighted by atomic mass is 9.86. The van der Waals surface area contributed by atoms with Crippen LogP contribution in [-0.4, -0.2) is 11.5 Å². The maximum Gasteiger partial charge on any atom is 0.162 e. The van der Waals surface area contributed by atoms with Crippen molar-refractivity contribution in [2.24, 2.45) is 5.92 Å². The molecule has 0 radical (unpaired) electrons. The first kappa shape index (κ1) is 11.8. The molecule has 1 rings (SSSR count). The average molecular weight is 212 g/mol. The number of rotatable bonds is 4. The fraction of sp³-hybridized carbons (Fsp3) is 0.750. The molecule has 1 atom stereocenters. The Bertz CT molecular complexity index is 220. The molecular formula is C12H20OS. The van der Waals surface area contributed by atoms with E-state index in [1.54, 1.807) is 0 Å². The van der Waals surface area contributed by atoms with E-state index in [1.807, 2.05) is 18.7 Å². The van der Waals surface area contributed by atoms with Gasteiger partial charge in [-0.05, 0) is 36.8 Å². The summed E-state index contributed by atoms with van der Waals surface area (Å²) in [5, 5.41) is 2.10. The Kier molecular flexibility index (Phi) is 5.31. The van der Waals surface area contributed by atoms with E-state index >= 15 is 0 Å². The zero-order chi connectivity index (χ0) is 10.4. The topological polar surface area (TPSA) is 17.1 Å². The summed E-state index contributed by atoms with van der Waals surface area (Å²) < 4.78 is 0. The quantitative estimate of drug-likeness (QED) is 0.521. The lowest BCUT2D eigenvalue weighted by Crippen LogP contribution is -2.18. The highest BCUT2D eigenvalue weighted by Crippen LogP contribution is 2.26. The molecule has 0 spiro atoms. The molecule has 0 bridgehead atoms. The second-order valence-electron chi connectivity index (χ2n) is 4.02. The Balaban J connectivity index is 2.37. The SMILES string of the molecule is CCCCS/C=C1/CCCC(C)C1=O. The Morgan fingerprint density at radius 2 is 2.36 bits per heavy atom. The lowest BCUT2D eigenvalue weighted by molar-refractivity contribution is -0.119. The van der Waals surface area contributed by atoms with Gasteiger partial charge in [-0.15, -0.1) is 11.8 Å². The van der Waals surface area contributed by atoms with Gasteiger partial charge in [-0.1, -0.05) is 20.3 Å². The van der Waals surface area contributed by atoms with E-state index in [-0.39, 0.29) is 5.92 Å². The number of carbonyl (C=O) groups is 1. The fourth-order valence-electron chi connectivity index (χ4n) is 1.67. The van der Waals surface area contributed by atoms with Crippen molar-refractivity contribution in [1.82, 2.24) is 0 Å². The van der Waals surface area contributed by atoms with Gasteiger partial charge in [0.2, 0.25) is 0 Å². The third-order valence-electron chi connectivity index (χ3n) is 2.69. The minimum Gasteiger partial charge on any atom is -0.294 e. The van der Waals surface area contributed by atoms with Gasteiger partial charge in [0.1, 0.15) is 0 Å². The van der Waals surface area contributed by atoms with Crippen molar-refractivity contribution in [2.45, 2.75) is 46.0 Å². The number of thioether (sulfide) groups is 1. The summed E-state index contributed by atoms with van der Waals surface area (Å²) in [6.07, 6.45) is 5.75. The van der Waals surface area contributed by atoms with Crippen LogP contribution in [0.15, 0.2) is 11.0 Å². The largest absolute Gasteiger partial charge is 0.294 e. The molecule has 1 aliphatic rings. The number of Topliss-reactive ketones (excluding diaryl/α,β-unsaturated/α-hetero) is 1. The van der Waals surface area contributed by atoms with Gasteiger partial charge in [-0.2, -0.15) is 0 Å². The predicted molar refractivity (Wildman–Crippen MR) is 63.5 cm³/mol. The summed E-state index contributed by atoms with van der Waals surface area (Å²) in [6.45, 7) is 4.24. The van der Waals surface area contributed by atoms with E-state index in [4.69, 9.17) is 0 Å². The number of carbonyl (C=O) groups excluding carboxylic acids is 1. The van der Waals surface area contributed by atoms with E-state index < -0.39 is 0 Å². The molecule has 0 aromatic rings. The molecule has 0 saturated heterocycles. The maximum absolute atomic E-state index is 11.7. The molecule has 1 saturated carbocycles. The van der Waals surface area contributed by atoms with Crippen LogP contribution >= 0.6 is 11.8 Å². The zero-order valence-corrected chi connectivity index (χ0v) is 10.0. The maximum atomic E-state index is 11.7. The van der Waals surface area contributed by atoms with E-state index in [2.05, 4.69) is 12.3 Å². The zero-order valence-electron chi connectivity index (χ0n) is 9.21. The fourth-order valence-corrected chi connectivity index (χ4v) is 2.68. The van der Waals surface area contributed by atoms with Gasteiger partial charge in [0, 0.05) is 11.5 Å². The Morgan fingerprint density at radius 3 is 3.07 bits per heavy atom. The van der Waals surface area contributed by atoms with Crippen LogP contribution in [0.5, 0.6) is 0 Å². The molecule has 0 N–H and O–H groups in total. The van der Waals surface area contributed by atoms with Crippen molar-refractivity contribution in [3.8, 4) is 0 Å². The van der Waals surface area contributed by atoms with Gasteiger partial charge < -0.3 is 0 Å². The molecule has 2 heteroatoms. The second-order valence-corrected chi connectivity index (χ2v) is 5.00. The first-order valence-electron chi connectivity index (χ1n) is 5.60. The average Bonchev–Trinajstić information content (AvgIpc) is 2.19. The van der Waals surface area contributed by atoms with Crippen LogP contribution < -0.4 is 0 Å². The minimum absolute atomic E-state index is 0.266. The summed E-state index contributed by atoms with van der Waals surface area (Å²) >= 11 is 1.81. The molecule has 0 aliphatic heterocycles. The van der Waals surface area contributed by atoms with Gasteiger partial charge in [-0.25, -0.2) is 0 Å². The Morgan fingerprint density at radius 1 is 1.57 bits per heavy atom. The number of allylic oxidation sites excluding steroid dienone is 1. The van der Waals surface area contributed by atoms with Gasteiger partial charge in [-0.3, -0.25) is 4.79 Å². The first-order valence-corrected chi connectivity index (χ1v) is 6.65. The van der Waals surface area contributed by atoms with Crippen molar-refractivity contribution < 1.29 is 4.79 Å². The normalized spacial score (nSPS) is 25.7. The molecule has 0 amide bonds. The standard InChI is InChI=1S/C12H20OS/c1-3-4-8-14-9-11-7-5-6-10(2)12(11)13/h9-10H,3-8H2,1-2H3/b11-9-. The smallest absolute Gasteiger partial charge is 0.162 e. The Hall–Kier alpha value is -0.240. The Labute approximate surface area is 91.3 Å². The van der Waals surface area contributed by atoms with Crippen LogP contribution in [0.3, 0.4) is 0 Å². The van der Waals surface area contributed by atoms with E-state index in [0.717, 1.165) is 24.2 Å². The monoisotopic (exact) mass is 212 g/mol. The van der Waals surface area contributed by atoms with Crippen LogP contribution in [-0.2, 0) is 4.79 Å². The molecule has 1 fully saturated rings. The number of hydrogen-bond acceptors (Lipinski definition) is 2. The molecule has 80 valence electrons. The van der Waals surface area contributed by atoms with E-state index in [0.29, 0.717) is 5.78 Å². The van der Waals surface area contributed by atoms with Gasteiger partial charge >= 0.3 is 0 Å². The molecular weight excluding hydrogens is 192 g/mol. The molecule has 0 heterocycles. The second kappa shape index (κ2) is 6.28. The highest BCUT2D eigenvalue weighted by atomic mass is 32.2. The minimum atomic E-state index is 0.266. The number of hydrogen-bond donors (Lipinski definition) is 0. The summed E-state index contributed by atoms with van der Waals surface area (Å²) in [7, 11) is 0. The summed E-state index contributed by atoms with van der Waals surface area (Å²) in [6, 6.07) is 0. The van der Waals surface area contributed by atoms with Gasteiger partial charge in [0.05, 0.1) is 0 Å². The van der Waals surface area contributed by atoms with E-state index in [1.165, 1.54) is 19.3 Å². The van der Waals surface area contributed by atoms with Crippen molar-refractivity contribution in [2.75, 3.05) is 5.75 Å². The number of unbranched alkanes of at least 4 members (excludes halogenated alkanes) is 1. The van der Waals surface area contributed by atoms with Crippen molar-refractivity contribution in [3.63, 3.8) is 0 Å². The van der Waals surface area contributed by atoms with Crippen LogP contribution in [0, 0.1) is 5.92 Å². The summed E-state index contributed by atoms with van der Waals surface area (Å²) in [5.74, 6) is 1.81. The summed E-state index contributed by atoms with van der Waals surface area (Å²) in [5.41, 5.74) is 1.07. The van der Waals surface area contributed by atoms with E-state index in [9.17, 15) is 4.79 Å². The van der Waals surface area contributed by atoms with Gasteiger partial charge in [0.25, 0.3) is 0 Å². The molecule has 1 nitrogen and oxygen atoms in total. The number of ketones is 1. The molecule has 1 aliphatic carbocycles. The highest BCUT2D eigenvalue weighted by molar-refractivity contribution is 8.02. The molecule has 0 aromatic heterocycles. The van der Waals surface area contributed by atoms with Crippen molar-refractivity contribution in [1.29, 1.82) is 0 Å². The third kappa shape index (κ3) is 3.49. The highest BCUT2D eigenvalue weighted by Gasteiger charge is 2.21. The van der Waals surface area contributed by atoms with Crippen LogP contribution in [0.1, 0.15) is 46.0 Å². The van der Waals surface area contributed by atoms with Gasteiger partial charge in [0.15, 0.2) is 5.78 Å². The van der Waals surface area contributed by atoms with Crippen LogP contribution in [0.25, 0.3) is 0 Å². The predicted octanol–water partition coefficient (Wildman–Crippen LogP) is 3.79. The lowest BCUT2D eigenvalue weighted by Gasteiger charge is -2.18.